The summed E-state index contributed by atoms with van der Waals surface area (Å²) in [5.74, 6) is 0.793. The lowest BCUT2D eigenvalue weighted by Crippen LogP contribution is -2.05. The Kier molecular flexibility index (Phi) is 6.53. The van der Waals surface area contributed by atoms with Gasteiger partial charge in [0.1, 0.15) is 12.4 Å². The molecule has 0 atom stereocenters. The molecule has 0 aliphatic rings. The Balaban J connectivity index is 1.51. The van der Waals surface area contributed by atoms with Gasteiger partial charge < -0.3 is 10.2 Å². The summed E-state index contributed by atoms with van der Waals surface area (Å²) >= 11 is 11.8. The van der Waals surface area contributed by atoms with Crippen molar-refractivity contribution in [1.29, 1.82) is 0 Å². The molecule has 3 rings (SSSR count). The van der Waals surface area contributed by atoms with Crippen LogP contribution in [0.3, 0.4) is 0 Å². The predicted octanol–water partition coefficient (Wildman–Crippen LogP) is 5.70. The first-order chi connectivity index (χ1) is 12.7. The first kappa shape index (κ1) is 18.3. The van der Waals surface area contributed by atoms with Gasteiger partial charge in [-0.25, -0.2) is 0 Å². The van der Waals surface area contributed by atoms with Crippen molar-refractivity contribution in [2.75, 3.05) is 0 Å². The highest BCUT2D eigenvalue weighted by atomic mass is 35.5. The molecule has 0 aliphatic carbocycles. The van der Waals surface area contributed by atoms with Crippen LogP contribution in [-0.4, -0.2) is 6.21 Å². The highest BCUT2D eigenvalue weighted by Crippen LogP contribution is 2.16. The molecule has 0 aromatic heterocycles. The Labute approximate surface area is 163 Å². The van der Waals surface area contributed by atoms with Crippen molar-refractivity contribution < 1.29 is 4.74 Å². The fraction of sp³-hybridized carbons (Fsp3) is 0.0952. The normalized spacial score (nSPS) is 10.8. The zero-order valence-corrected chi connectivity index (χ0v) is 15.5. The van der Waals surface area contributed by atoms with Gasteiger partial charge in [-0.15, -0.1) is 0 Å². The number of rotatable bonds is 7. The first-order valence-corrected chi connectivity index (χ1v) is 8.92. The minimum Gasteiger partial charge on any atom is -0.489 e. The van der Waals surface area contributed by atoms with Crippen LogP contribution in [0.15, 0.2) is 77.9 Å². The van der Waals surface area contributed by atoms with E-state index in [1.165, 1.54) is 0 Å². The fourth-order valence-corrected chi connectivity index (χ4v) is 2.54. The number of nitrogens with zero attached hydrogens (tertiary/aromatic N) is 1. The Morgan fingerprint density at radius 1 is 0.846 bits per heavy atom. The van der Waals surface area contributed by atoms with E-state index in [0.717, 1.165) is 32.5 Å². The lowest BCUT2D eigenvalue weighted by atomic mass is 10.2. The van der Waals surface area contributed by atoms with Crippen LogP contribution in [0.1, 0.15) is 16.7 Å². The average molecular weight is 385 g/mol. The van der Waals surface area contributed by atoms with Crippen molar-refractivity contribution in [3.8, 4) is 5.75 Å². The molecule has 0 unspecified atom stereocenters. The third-order valence-corrected chi connectivity index (χ3v) is 4.18. The van der Waals surface area contributed by atoms with Gasteiger partial charge in [0.25, 0.3) is 0 Å². The van der Waals surface area contributed by atoms with E-state index in [1.807, 2.05) is 72.8 Å². The standard InChI is InChI=1S/C21H18Cl2N2O/c22-19-8-4-16(5-9-19)13-24-25-14-18-2-1-3-21(12-18)26-15-17-6-10-20(23)11-7-17/h1-12,14,24H,13,15H2/b25-14-. The third-order valence-electron chi connectivity index (χ3n) is 3.68. The maximum atomic E-state index is 5.89. The number of hydrogen-bond acceptors (Lipinski definition) is 3. The number of nitrogens with one attached hydrogen (secondary N) is 1. The van der Waals surface area contributed by atoms with Crippen LogP contribution in [0.25, 0.3) is 0 Å². The number of ether oxygens (including phenoxy) is 1. The summed E-state index contributed by atoms with van der Waals surface area (Å²) in [7, 11) is 0. The summed E-state index contributed by atoms with van der Waals surface area (Å²) in [6.45, 7) is 1.13. The van der Waals surface area contributed by atoms with Gasteiger partial charge in [-0.1, -0.05) is 59.6 Å². The van der Waals surface area contributed by atoms with Crippen molar-refractivity contribution >= 4 is 29.4 Å². The topological polar surface area (TPSA) is 33.6 Å². The third kappa shape index (κ3) is 5.80. The molecule has 0 heterocycles. The van der Waals surface area contributed by atoms with Gasteiger partial charge >= 0.3 is 0 Å². The Bertz CT molecular complexity index is 862. The van der Waals surface area contributed by atoms with Gasteiger partial charge in [-0.3, -0.25) is 0 Å². The average Bonchev–Trinajstić information content (AvgIpc) is 2.67. The van der Waals surface area contributed by atoms with Gasteiger partial charge in [-0.2, -0.15) is 5.10 Å². The van der Waals surface area contributed by atoms with Crippen molar-refractivity contribution in [3.05, 3.63) is 99.5 Å². The highest BCUT2D eigenvalue weighted by Gasteiger charge is 1.98. The summed E-state index contributed by atoms with van der Waals surface area (Å²) in [6.07, 6.45) is 1.77. The van der Waals surface area contributed by atoms with Gasteiger partial charge in [-0.05, 0) is 53.1 Å². The molecule has 26 heavy (non-hydrogen) atoms. The van der Waals surface area contributed by atoms with Crippen LogP contribution in [-0.2, 0) is 13.2 Å². The van der Waals surface area contributed by atoms with Gasteiger partial charge in [0.05, 0.1) is 12.8 Å². The highest BCUT2D eigenvalue weighted by molar-refractivity contribution is 6.30. The molecule has 0 fully saturated rings. The molecular weight excluding hydrogens is 367 g/mol. The van der Waals surface area contributed by atoms with Crippen LogP contribution in [0.2, 0.25) is 10.0 Å². The van der Waals surface area contributed by atoms with E-state index in [9.17, 15) is 0 Å². The first-order valence-electron chi connectivity index (χ1n) is 8.17. The molecule has 0 aliphatic heterocycles. The largest absolute Gasteiger partial charge is 0.489 e. The van der Waals surface area contributed by atoms with Crippen LogP contribution in [0, 0.1) is 0 Å². The number of halogens is 2. The number of hydrogen-bond donors (Lipinski definition) is 1. The van der Waals surface area contributed by atoms with Crippen molar-refractivity contribution in [2.45, 2.75) is 13.2 Å². The molecule has 5 heteroatoms. The lowest BCUT2D eigenvalue weighted by molar-refractivity contribution is 0.306. The van der Waals surface area contributed by atoms with Crippen LogP contribution in [0.5, 0.6) is 5.75 Å². The minimum atomic E-state index is 0.493. The van der Waals surface area contributed by atoms with Crippen LogP contribution >= 0.6 is 23.2 Å². The monoisotopic (exact) mass is 384 g/mol. The molecule has 1 N–H and O–H groups in total. The molecule has 3 aromatic carbocycles. The van der Waals surface area contributed by atoms with Crippen molar-refractivity contribution in [3.63, 3.8) is 0 Å². The molecule has 3 nitrogen and oxygen atoms in total. The van der Waals surface area contributed by atoms with Gasteiger partial charge in [0.15, 0.2) is 0 Å². The van der Waals surface area contributed by atoms with E-state index < -0.39 is 0 Å². The quantitative estimate of drug-likeness (QED) is 0.418. The number of hydrazone groups is 1. The number of benzene rings is 3. The van der Waals surface area contributed by atoms with E-state index in [2.05, 4.69) is 10.5 Å². The lowest BCUT2D eigenvalue weighted by Gasteiger charge is -2.07. The summed E-state index contributed by atoms with van der Waals surface area (Å²) in [6, 6.07) is 23.1. The Hall–Kier alpha value is -2.49. The van der Waals surface area contributed by atoms with Crippen LogP contribution in [0.4, 0.5) is 0 Å². The smallest absolute Gasteiger partial charge is 0.120 e. The van der Waals surface area contributed by atoms with Gasteiger partial charge in [0, 0.05) is 10.0 Å². The summed E-state index contributed by atoms with van der Waals surface area (Å²) < 4.78 is 5.82. The van der Waals surface area contributed by atoms with E-state index >= 15 is 0 Å². The van der Waals surface area contributed by atoms with E-state index in [-0.39, 0.29) is 0 Å². The molecule has 0 saturated carbocycles. The molecule has 0 bridgehead atoms. The zero-order chi connectivity index (χ0) is 18.2. The molecule has 0 amide bonds. The second-order valence-corrected chi connectivity index (χ2v) is 6.58. The molecule has 3 aromatic rings. The van der Waals surface area contributed by atoms with Gasteiger partial charge in [0.2, 0.25) is 0 Å². The maximum absolute atomic E-state index is 5.89. The predicted molar refractivity (Wildman–Crippen MR) is 108 cm³/mol. The van der Waals surface area contributed by atoms with Crippen molar-refractivity contribution in [2.24, 2.45) is 5.10 Å². The summed E-state index contributed by atoms with van der Waals surface area (Å²) in [5.41, 5.74) is 6.17. The Morgan fingerprint density at radius 3 is 2.19 bits per heavy atom. The molecule has 0 spiro atoms. The molecule has 0 saturated heterocycles. The zero-order valence-electron chi connectivity index (χ0n) is 14.0. The summed E-state index contributed by atoms with van der Waals surface area (Å²) in [5, 5.41) is 5.70. The van der Waals surface area contributed by atoms with E-state index in [4.69, 9.17) is 27.9 Å². The summed E-state index contributed by atoms with van der Waals surface area (Å²) in [4.78, 5) is 0. The van der Waals surface area contributed by atoms with E-state index in [0.29, 0.717) is 13.2 Å². The molecular formula is C21H18Cl2N2O. The molecule has 132 valence electrons. The fourth-order valence-electron chi connectivity index (χ4n) is 2.29. The molecule has 0 radical (unpaired) electrons. The second-order valence-electron chi connectivity index (χ2n) is 5.71. The minimum absolute atomic E-state index is 0.493. The van der Waals surface area contributed by atoms with Crippen molar-refractivity contribution in [1.82, 2.24) is 5.43 Å². The SMILES string of the molecule is Clc1ccc(CN/N=C\c2cccc(OCc3ccc(Cl)cc3)c2)cc1. The second kappa shape index (κ2) is 9.27. The maximum Gasteiger partial charge on any atom is 0.120 e. The van der Waals surface area contributed by atoms with E-state index in [1.54, 1.807) is 6.21 Å². The Morgan fingerprint density at radius 2 is 1.50 bits per heavy atom. The van der Waals surface area contributed by atoms with Crippen LogP contribution < -0.4 is 10.2 Å².